The van der Waals surface area contributed by atoms with E-state index in [1.54, 1.807) is 6.92 Å². The van der Waals surface area contributed by atoms with Crippen LogP contribution in [0.3, 0.4) is 0 Å². The van der Waals surface area contributed by atoms with Crippen molar-refractivity contribution in [2.24, 2.45) is 0 Å². The van der Waals surface area contributed by atoms with Gasteiger partial charge in [-0.3, -0.25) is 4.79 Å². The van der Waals surface area contributed by atoms with Crippen molar-refractivity contribution in [3.63, 3.8) is 0 Å². The molecule has 1 aromatic rings. The van der Waals surface area contributed by atoms with E-state index in [0.717, 1.165) is 0 Å². The minimum Gasteiger partial charge on any atom is -0.480 e. The molecule has 6 heteroatoms. The molecule has 1 N–H and O–H groups in total. The minimum absolute atomic E-state index is 0.00940. The summed E-state index contributed by atoms with van der Waals surface area (Å²) in [5, 5.41) is 9.04. The van der Waals surface area contributed by atoms with Gasteiger partial charge in [-0.15, -0.1) is 0 Å². The topological polar surface area (TPSA) is 63.6 Å². The Morgan fingerprint density at radius 1 is 1.37 bits per heavy atom. The fraction of sp³-hybridized carbons (Fsp3) is 0.385. The quantitative estimate of drug-likeness (QED) is 0.855. The average molecular weight is 270 g/mol. The highest BCUT2D eigenvalue weighted by Gasteiger charge is 2.77. The van der Waals surface area contributed by atoms with Crippen molar-refractivity contribution < 1.29 is 28.2 Å². The number of aliphatic carboxylic acids is 1. The number of ether oxygens (including phenoxy) is 1. The number of rotatable bonds is 3. The van der Waals surface area contributed by atoms with Crippen molar-refractivity contribution in [2.45, 2.75) is 24.7 Å². The van der Waals surface area contributed by atoms with E-state index < -0.39 is 29.7 Å². The third-order valence-electron chi connectivity index (χ3n) is 3.48. The molecule has 19 heavy (non-hydrogen) atoms. The van der Waals surface area contributed by atoms with Crippen molar-refractivity contribution in [1.82, 2.24) is 0 Å². The van der Waals surface area contributed by atoms with Crippen LogP contribution in [0.4, 0.5) is 8.78 Å². The van der Waals surface area contributed by atoms with Crippen molar-refractivity contribution in [3.05, 3.63) is 34.9 Å². The second kappa shape index (κ2) is 4.01. The molecule has 0 saturated heterocycles. The molecule has 0 aromatic heterocycles. The van der Waals surface area contributed by atoms with E-state index in [1.807, 2.05) is 0 Å². The largest absolute Gasteiger partial charge is 0.480 e. The Morgan fingerprint density at radius 3 is 2.32 bits per heavy atom. The maximum Gasteiger partial charge on any atom is 0.338 e. The normalized spacial score (nSPS) is 23.8. The zero-order valence-electron chi connectivity index (χ0n) is 10.4. The third kappa shape index (κ3) is 1.78. The minimum atomic E-state index is -3.25. The van der Waals surface area contributed by atoms with Gasteiger partial charge in [-0.05, 0) is 24.1 Å². The molecule has 0 aliphatic heterocycles. The molecule has 1 saturated carbocycles. The van der Waals surface area contributed by atoms with Gasteiger partial charge in [-0.2, -0.15) is 0 Å². The number of carboxylic acid groups (broad SMARTS) is 1. The number of carbonyl (C=O) groups is 2. The Morgan fingerprint density at radius 2 is 1.95 bits per heavy atom. The van der Waals surface area contributed by atoms with Gasteiger partial charge < -0.3 is 9.84 Å². The number of carboxylic acids is 1. The lowest BCUT2D eigenvalue weighted by atomic mass is 9.92. The summed E-state index contributed by atoms with van der Waals surface area (Å²) in [5.41, 5.74) is -1.51. The SMILES string of the molecule is COC(=O)c1ccc(C2(C(=O)O)CC2(F)F)cc1C. The van der Waals surface area contributed by atoms with Crippen molar-refractivity contribution in [3.8, 4) is 0 Å². The molecular weight excluding hydrogens is 258 g/mol. The number of alkyl halides is 2. The number of aryl methyl sites for hydroxylation is 1. The zero-order chi connectivity index (χ0) is 14.4. The molecule has 0 radical (unpaired) electrons. The van der Waals surface area contributed by atoms with Gasteiger partial charge in [0.15, 0.2) is 5.41 Å². The molecule has 102 valence electrons. The summed E-state index contributed by atoms with van der Waals surface area (Å²) in [6.07, 6.45) is -0.716. The second-order valence-electron chi connectivity index (χ2n) is 4.61. The van der Waals surface area contributed by atoms with Crippen molar-refractivity contribution >= 4 is 11.9 Å². The highest BCUT2D eigenvalue weighted by Crippen LogP contribution is 2.61. The Labute approximate surface area is 108 Å². The van der Waals surface area contributed by atoms with E-state index >= 15 is 0 Å². The van der Waals surface area contributed by atoms with Gasteiger partial charge in [0, 0.05) is 6.42 Å². The number of halogens is 2. The van der Waals surface area contributed by atoms with Gasteiger partial charge >= 0.3 is 11.9 Å². The molecule has 0 amide bonds. The Balaban J connectivity index is 2.46. The molecule has 0 heterocycles. The van der Waals surface area contributed by atoms with Gasteiger partial charge in [0.05, 0.1) is 12.7 Å². The van der Waals surface area contributed by atoms with Crippen molar-refractivity contribution in [1.29, 1.82) is 0 Å². The van der Waals surface area contributed by atoms with E-state index in [0.29, 0.717) is 5.56 Å². The number of methoxy groups -OCH3 is 1. The lowest BCUT2D eigenvalue weighted by molar-refractivity contribution is -0.142. The molecule has 1 fully saturated rings. The number of esters is 1. The number of carbonyl (C=O) groups excluding carboxylic acids is 1. The van der Waals surface area contributed by atoms with Crippen LogP contribution in [0.25, 0.3) is 0 Å². The van der Waals surface area contributed by atoms with Crippen LogP contribution < -0.4 is 0 Å². The van der Waals surface area contributed by atoms with E-state index in [1.165, 1.54) is 25.3 Å². The fourth-order valence-corrected chi connectivity index (χ4v) is 2.23. The first kappa shape index (κ1) is 13.5. The predicted molar refractivity (Wildman–Crippen MR) is 61.4 cm³/mol. The smallest absolute Gasteiger partial charge is 0.338 e. The van der Waals surface area contributed by atoms with Crippen LogP contribution in [0, 0.1) is 6.92 Å². The third-order valence-corrected chi connectivity index (χ3v) is 3.48. The average Bonchev–Trinajstić information content (AvgIpc) is 2.93. The van der Waals surface area contributed by atoms with Crippen LogP contribution in [0.1, 0.15) is 27.9 Å². The van der Waals surface area contributed by atoms with Gasteiger partial charge in [-0.1, -0.05) is 12.1 Å². The number of hydrogen-bond donors (Lipinski definition) is 1. The molecule has 1 aromatic carbocycles. The Hall–Kier alpha value is -1.98. The first-order valence-electron chi connectivity index (χ1n) is 5.57. The zero-order valence-corrected chi connectivity index (χ0v) is 10.4. The summed E-state index contributed by atoms with van der Waals surface area (Å²) in [7, 11) is 1.21. The molecule has 2 rings (SSSR count). The van der Waals surface area contributed by atoms with Crippen LogP contribution in [0.15, 0.2) is 18.2 Å². The van der Waals surface area contributed by atoms with E-state index in [-0.39, 0.29) is 11.1 Å². The van der Waals surface area contributed by atoms with Gasteiger partial charge in [0.2, 0.25) is 0 Å². The van der Waals surface area contributed by atoms with Gasteiger partial charge in [0.1, 0.15) is 0 Å². The fourth-order valence-electron chi connectivity index (χ4n) is 2.23. The van der Waals surface area contributed by atoms with Crippen LogP contribution >= 0.6 is 0 Å². The summed E-state index contributed by atoms with van der Waals surface area (Å²) in [6.45, 7) is 1.55. The van der Waals surface area contributed by atoms with E-state index in [9.17, 15) is 18.4 Å². The maximum atomic E-state index is 13.4. The highest BCUT2D eigenvalue weighted by atomic mass is 19.3. The molecular formula is C13H12F2O4. The molecule has 1 aliphatic carbocycles. The first-order valence-corrected chi connectivity index (χ1v) is 5.57. The molecule has 1 unspecified atom stereocenters. The Bertz CT molecular complexity index is 568. The van der Waals surface area contributed by atoms with Gasteiger partial charge in [-0.25, -0.2) is 13.6 Å². The molecule has 0 spiro atoms. The predicted octanol–water partition coefficient (Wildman–Crippen LogP) is 2.14. The van der Waals surface area contributed by atoms with E-state index in [4.69, 9.17) is 5.11 Å². The molecule has 1 aliphatic rings. The monoisotopic (exact) mass is 270 g/mol. The second-order valence-corrected chi connectivity index (χ2v) is 4.61. The van der Waals surface area contributed by atoms with Crippen molar-refractivity contribution in [2.75, 3.05) is 7.11 Å². The van der Waals surface area contributed by atoms with Crippen LogP contribution in [-0.2, 0) is 14.9 Å². The molecule has 1 atom stereocenters. The first-order chi connectivity index (χ1) is 8.76. The molecule has 0 bridgehead atoms. The molecule has 4 nitrogen and oxygen atoms in total. The summed E-state index contributed by atoms with van der Waals surface area (Å²) < 4.78 is 31.3. The highest BCUT2D eigenvalue weighted by molar-refractivity contribution is 5.92. The lowest BCUT2D eigenvalue weighted by Gasteiger charge is -2.13. The number of benzene rings is 1. The summed E-state index contributed by atoms with van der Waals surface area (Å²) in [4.78, 5) is 22.5. The summed E-state index contributed by atoms with van der Waals surface area (Å²) >= 11 is 0. The standard InChI is InChI=1S/C13H12F2O4/c1-7-5-8(3-4-9(7)10(16)19-2)12(11(17)18)6-13(12,14)15/h3-5H,6H2,1-2H3,(H,17,18). The van der Waals surface area contributed by atoms with Crippen LogP contribution in [0.5, 0.6) is 0 Å². The summed E-state index contributed by atoms with van der Waals surface area (Å²) in [6, 6.07) is 3.87. The maximum absolute atomic E-state index is 13.4. The van der Waals surface area contributed by atoms with Crippen LogP contribution in [0.2, 0.25) is 0 Å². The van der Waals surface area contributed by atoms with Gasteiger partial charge in [0.25, 0.3) is 5.92 Å². The number of hydrogen-bond acceptors (Lipinski definition) is 3. The van der Waals surface area contributed by atoms with E-state index in [2.05, 4.69) is 4.74 Å². The lowest BCUT2D eigenvalue weighted by Crippen LogP contribution is -2.27. The van der Waals surface area contributed by atoms with Crippen LogP contribution in [-0.4, -0.2) is 30.1 Å². The summed E-state index contributed by atoms with van der Waals surface area (Å²) in [5.74, 6) is -5.39. The Kier molecular flexibility index (Phi) is 2.84.